The predicted octanol–water partition coefficient (Wildman–Crippen LogP) is 1.20. The van der Waals surface area contributed by atoms with E-state index in [2.05, 4.69) is 20.4 Å². The third-order valence-corrected chi connectivity index (χ3v) is 3.08. The minimum atomic E-state index is -0.239. The summed E-state index contributed by atoms with van der Waals surface area (Å²) in [5.74, 6) is 0.596. The highest BCUT2D eigenvalue weighted by Gasteiger charge is 2.20. The van der Waals surface area contributed by atoms with Crippen molar-refractivity contribution in [1.29, 1.82) is 5.26 Å². The summed E-state index contributed by atoms with van der Waals surface area (Å²) in [4.78, 5) is 15.4. The molecule has 2 heterocycles. The van der Waals surface area contributed by atoms with Gasteiger partial charge < -0.3 is 9.30 Å². The van der Waals surface area contributed by atoms with E-state index in [1.165, 1.54) is 7.11 Å². The lowest BCUT2D eigenvalue weighted by Crippen LogP contribution is -2.14. The number of nitriles is 1. The molecule has 0 spiro atoms. The minimum Gasteiger partial charge on any atom is -0.469 e. The number of carbonyl (C=O) groups is 1. The SMILES string of the molecule is COC(=O)CCc1nc(C#N)c2n1CCCC2. The van der Waals surface area contributed by atoms with Crippen molar-refractivity contribution in [2.45, 2.75) is 38.6 Å². The van der Waals surface area contributed by atoms with Crippen LogP contribution in [0, 0.1) is 11.3 Å². The van der Waals surface area contributed by atoms with E-state index in [0.717, 1.165) is 37.3 Å². The summed E-state index contributed by atoms with van der Waals surface area (Å²) in [6.07, 6.45) is 3.99. The summed E-state index contributed by atoms with van der Waals surface area (Å²) < 4.78 is 6.70. The second-order valence-corrected chi connectivity index (χ2v) is 4.12. The van der Waals surface area contributed by atoms with E-state index < -0.39 is 0 Å². The predicted molar refractivity (Wildman–Crippen MR) is 60.2 cm³/mol. The maximum atomic E-state index is 11.1. The van der Waals surface area contributed by atoms with Crippen molar-refractivity contribution < 1.29 is 9.53 Å². The van der Waals surface area contributed by atoms with Gasteiger partial charge in [-0.05, 0) is 19.3 Å². The fraction of sp³-hybridized carbons (Fsp3) is 0.583. The molecule has 1 aromatic heterocycles. The van der Waals surface area contributed by atoms with Gasteiger partial charge in [0, 0.05) is 13.0 Å². The minimum absolute atomic E-state index is 0.239. The van der Waals surface area contributed by atoms with E-state index in [9.17, 15) is 4.79 Å². The molecule has 0 radical (unpaired) electrons. The lowest BCUT2D eigenvalue weighted by Gasteiger charge is -2.16. The molecule has 0 atom stereocenters. The smallest absolute Gasteiger partial charge is 0.305 e. The number of rotatable bonds is 3. The highest BCUT2D eigenvalue weighted by atomic mass is 16.5. The van der Waals surface area contributed by atoms with Crippen molar-refractivity contribution in [2.75, 3.05) is 7.11 Å². The van der Waals surface area contributed by atoms with Gasteiger partial charge in [0.15, 0.2) is 5.69 Å². The quantitative estimate of drug-likeness (QED) is 0.735. The molecule has 1 aromatic rings. The van der Waals surface area contributed by atoms with Crippen molar-refractivity contribution in [3.05, 3.63) is 17.2 Å². The van der Waals surface area contributed by atoms with Gasteiger partial charge in [-0.2, -0.15) is 5.26 Å². The number of hydrogen-bond donors (Lipinski definition) is 0. The van der Waals surface area contributed by atoms with E-state index in [1.807, 2.05) is 0 Å². The third-order valence-electron chi connectivity index (χ3n) is 3.08. The van der Waals surface area contributed by atoms with Crippen LogP contribution in [0.1, 0.15) is 36.5 Å². The Kier molecular flexibility index (Phi) is 3.43. The fourth-order valence-electron chi connectivity index (χ4n) is 2.21. The number of carbonyl (C=O) groups excluding carboxylic acids is 1. The molecule has 0 unspecified atom stereocenters. The Morgan fingerprint density at radius 1 is 1.59 bits per heavy atom. The zero-order chi connectivity index (χ0) is 12.3. The van der Waals surface area contributed by atoms with Crippen molar-refractivity contribution in [2.24, 2.45) is 0 Å². The number of methoxy groups -OCH3 is 1. The summed E-state index contributed by atoms with van der Waals surface area (Å²) in [6, 6.07) is 2.13. The lowest BCUT2D eigenvalue weighted by atomic mass is 10.1. The number of aromatic nitrogens is 2. The third kappa shape index (κ3) is 2.31. The first-order chi connectivity index (χ1) is 8.26. The molecule has 0 amide bonds. The van der Waals surface area contributed by atoms with Crippen LogP contribution in [0.25, 0.3) is 0 Å². The second kappa shape index (κ2) is 5.00. The Labute approximate surface area is 100 Å². The van der Waals surface area contributed by atoms with E-state index >= 15 is 0 Å². The van der Waals surface area contributed by atoms with Crippen LogP contribution in [-0.2, 0) is 28.9 Å². The highest BCUT2D eigenvalue weighted by Crippen LogP contribution is 2.21. The summed E-state index contributed by atoms with van der Waals surface area (Å²) in [7, 11) is 1.38. The van der Waals surface area contributed by atoms with Gasteiger partial charge in [-0.15, -0.1) is 0 Å². The van der Waals surface area contributed by atoms with Gasteiger partial charge in [0.25, 0.3) is 0 Å². The van der Waals surface area contributed by atoms with Gasteiger partial charge in [-0.25, -0.2) is 4.98 Å². The first-order valence-corrected chi connectivity index (χ1v) is 5.81. The van der Waals surface area contributed by atoms with Gasteiger partial charge >= 0.3 is 5.97 Å². The maximum absolute atomic E-state index is 11.1. The fourth-order valence-corrected chi connectivity index (χ4v) is 2.21. The van der Waals surface area contributed by atoms with Gasteiger partial charge in [0.05, 0.1) is 19.2 Å². The van der Waals surface area contributed by atoms with Gasteiger partial charge in [-0.3, -0.25) is 4.79 Å². The summed E-state index contributed by atoms with van der Waals surface area (Å²) in [5.41, 5.74) is 1.54. The molecular weight excluding hydrogens is 218 g/mol. The van der Waals surface area contributed by atoms with Crippen LogP contribution < -0.4 is 0 Å². The van der Waals surface area contributed by atoms with E-state index in [1.54, 1.807) is 0 Å². The number of nitrogens with zero attached hydrogens (tertiary/aromatic N) is 3. The molecule has 0 fully saturated rings. The van der Waals surface area contributed by atoms with Gasteiger partial charge in [0.1, 0.15) is 11.9 Å². The highest BCUT2D eigenvalue weighted by molar-refractivity contribution is 5.69. The molecule has 0 aliphatic carbocycles. The standard InChI is InChI=1S/C12H15N3O2/c1-17-12(16)6-5-11-14-9(8-13)10-4-2-3-7-15(10)11/h2-7H2,1H3. The zero-order valence-electron chi connectivity index (χ0n) is 9.90. The summed E-state index contributed by atoms with van der Waals surface area (Å²) in [6.45, 7) is 0.903. The Bertz CT molecular complexity index is 471. The number of ether oxygens (including phenoxy) is 1. The van der Waals surface area contributed by atoms with Gasteiger partial charge in [-0.1, -0.05) is 0 Å². The largest absolute Gasteiger partial charge is 0.469 e. The van der Waals surface area contributed by atoms with Crippen LogP contribution in [0.3, 0.4) is 0 Å². The molecule has 1 aliphatic rings. The second-order valence-electron chi connectivity index (χ2n) is 4.12. The number of aryl methyl sites for hydroxylation is 1. The van der Waals surface area contributed by atoms with Crippen molar-refractivity contribution in [3.8, 4) is 6.07 Å². The van der Waals surface area contributed by atoms with Crippen LogP contribution in [0.5, 0.6) is 0 Å². The molecule has 17 heavy (non-hydrogen) atoms. The molecule has 2 rings (SSSR count). The van der Waals surface area contributed by atoms with Crippen LogP contribution in [-0.4, -0.2) is 22.6 Å². The summed E-state index contributed by atoms with van der Waals surface area (Å²) in [5, 5.41) is 9.01. The molecule has 0 N–H and O–H groups in total. The van der Waals surface area contributed by atoms with Crippen molar-refractivity contribution in [3.63, 3.8) is 0 Å². The Morgan fingerprint density at radius 2 is 2.41 bits per heavy atom. The normalized spacial score (nSPS) is 13.9. The van der Waals surface area contributed by atoms with Crippen LogP contribution in [0.4, 0.5) is 0 Å². The zero-order valence-corrected chi connectivity index (χ0v) is 9.90. The monoisotopic (exact) mass is 233 g/mol. The average Bonchev–Trinajstić information content (AvgIpc) is 2.74. The first-order valence-electron chi connectivity index (χ1n) is 5.81. The molecule has 0 bridgehead atoms. The first kappa shape index (κ1) is 11.6. The topological polar surface area (TPSA) is 67.9 Å². The molecule has 90 valence electrons. The number of esters is 1. The van der Waals surface area contributed by atoms with E-state index in [0.29, 0.717) is 18.5 Å². The van der Waals surface area contributed by atoms with E-state index in [4.69, 9.17) is 5.26 Å². The molecule has 1 aliphatic heterocycles. The Hall–Kier alpha value is -1.83. The number of hydrogen-bond acceptors (Lipinski definition) is 4. The van der Waals surface area contributed by atoms with E-state index in [-0.39, 0.29) is 5.97 Å². The molecule has 0 saturated heterocycles. The molecule has 0 aromatic carbocycles. The van der Waals surface area contributed by atoms with Crippen LogP contribution >= 0.6 is 0 Å². The number of fused-ring (bicyclic) bond motifs is 1. The Balaban J connectivity index is 2.20. The van der Waals surface area contributed by atoms with Crippen molar-refractivity contribution in [1.82, 2.24) is 9.55 Å². The molecule has 5 heteroatoms. The Morgan fingerprint density at radius 3 is 3.12 bits per heavy atom. The summed E-state index contributed by atoms with van der Waals surface area (Å²) >= 11 is 0. The molecule has 0 saturated carbocycles. The van der Waals surface area contributed by atoms with Crippen LogP contribution in [0.15, 0.2) is 0 Å². The maximum Gasteiger partial charge on any atom is 0.305 e. The average molecular weight is 233 g/mol. The van der Waals surface area contributed by atoms with Crippen LogP contribution in [0.2, 0.25) is 0 Å². The van der Waals surface area contributed by atoms with Crippen molar-refractivity contribution >= 4 is 5.97 Å². The number of imidazole rings is 1. The molecule has 5 nitrogen and oxygen atoms in total. The van der Waals surface area contributed by atoms with Gasteiger partial charge in [0.2, 0.25) is 0 Å². The molecular formula is C12H15N3O2. The lowest BCUT2D eigenvalue weighted by molar-refractivity contribution is -0.140.